The third-order valence-corrected chi connectivity index (χ3v) is 5.13. The predicted octanol–water partition coefficient (Wildman–Crippen LogP) is 4.25. The number of hydrogen-bond acceptors (Lipinski definition) is 2. The molecule has 2 N–H and O–H groups in total. The van der Waals surface area contributed by atoms with Crippen LogP contribution in [0, 0.1) is 0 Å². The summed E-state index contributed by atoms with van der Waals surface area (Å²) in [5.41, 5.74) is 0.621. The Balaban J connectivity index is 1.58. The number of carbonyl (C=O) groups excluding carboxylic acids is 1. The highest BCUT2D eigenvalue weighted by Gasteiger charge is 2.34. The lowest BCUT2D eigenvalue weighted by Crippen LogP contribution is -2.47. The third kappa shape index (κ3) is 5.04. The van der Waals surface area contributed by atoms with Crippen molar-refractivity contribution >= 4 is 6.03 Å². The molecule has 150 valence electrons. The van der Waals surface area contributed by atoms with E-state index in [1.807, 2.05) is 30.3 Å². The number of alkyl halides is 3. The molecule has 4 nitrogen and oxygen atoms in total. The second-order valence-corrected chi connectivity index (χ2v) is 6.99. The summed E-state index contributed by atoms with van der Waals surface area (Å²) in [5.74, 6) is 0. The van der Waals surface area contributed by atoms with Crippen molar-refractivity contribution in [2.45, 2.75) is 31.0 Å². The number of halogens is 3. The van der Waals surface area contributed by atoms with Gasteiger partial charge in [0.25, 0.3) is 0 Å². The molecule has 0 atom stereocenters. The van der Waals surface area contributed by atoms with E-state index in [0.29, 0.717) is 25.3 Å². The Kier molecular flexibility index (Phi) is 6.24. The highest BCUT2D eigenvalue weighted by atomic mass is 19.4. The van der Waals surface area contributed by atoms with Crippen molar-refractivity contribution in [3.63, 3.8) is 0 Å². The van der Waals surface area contributed by atoms with Gasteiger partial charge in [-0.05, 0) is 36.1 Å². The van der Waals surface area contributed by atoms with E-state index in [2.05, 4.69) is 10.6 Å². The van der Waals surface area contributed by atoms with Gasteiger partial charge in [-0.25, -0.2) is 4.79 Å². The van der Waals surface area contributed by atoms with Crippen LogP contribution in [-0.2, 0) is 22.9 Å². The fourth-order valence-corrected chi connectivity index (χ4v) is 3.47. The summed E-state index contributed by atoms with van der Waals surface area (Å²) in [6, 6.07) is 14.5. The normalized spacial score (nSPS) is 16.4. The van der Waals surface area contributed by atoms with Crippen LogP contribution >= 0.6 is 0 Å². The second kappa shape index (κ2) is 8.65. The average molecular weight is 392 g/mol. The quantitative estimate of drug-likeness (QED) is 0.799. The van der Waals surface area contributed by atoms with Gasteiger partial charge in [-0.3, -0.25) is 0 Å². The van der Waals surface area contributed by atoms with Crippen molar-refractivity contribution < 1.29 is 22.7 Å². The molecule has 0 aromatic heterocycles. The van der Waals surface area contributed by atoms with Gasteiger partial charge in [0.05, 0.1) is 5.56 Å². The number of urea groups is 1. The SMILES string of the molecule is O=C(NCc1cccc(C(F)(F)F)c1)NCC1(c2ccccc2)CCOCC1. The minimum Gasteiger partial charge on any atom is -0.381 e. The number of benzene rings is 2. The Morgan fingerprint density at radius 3 is 2.39 bits per heavy atom. The molecule has 2 aromatic rings. The lowest BCUT2D eigenvalue weighted by molar-refractivity contribution is -0.137. The average Bonchev–Trinajstić information content (AvgIpc) is 2.72. The number of carbonyl (C=O) groups is 1. The molecule has 0 spiro atoms. The Morgan fingerprint density at radius 1 is 1.00 bits per heavy atom. The molecule has 1 aliphatic heterocycles. The molecule has 3 rings (SSSR count). The van der Waals surface area contributed by atoms with Crippen molar-refractivity contribution in [3.05, 3.63) is 71.3 Å². The first-order valence-electron chi connectivity index (χ1n) is 9.20. The first-order valence-corrected chi connectivity index (χ1v) is 9.20. The molecule has 0 radical (unpaired) electrons. The molecule has 2 amide bonds. The second-order valence-electron chi connectivity index (χ2n) is 6.99. The van der Waals surface area contributed by atoms with Crippen LogP contribution in [0.15, 0.2) is 54.6 Å². The largest absolute Gasteiger partial charge is 0.416 e. The zero-order valence-corrected chi connectivity index (χ0v) is 15.4. The fourth-order valence-electron chi connectivity index (χ4n) is 3.47. The monoisotopic (exact) mass is 392 g/mol. The zero-order chi connectivity index (χ0) is 20.0. The van der Waals surface area contributed by atoms with Crippen molar-refractivity contribution in [1.82, 2.24) is 10.6 Å². The highest BCUT2D eigenvalue weighted by molar-refractivity contribution is 5.74. The summed E-state index contributed by atoms with van der Waals surface area (Å²) in [5, 5.41) is 5.52. The first-order chi connectivity index (χ1) is 13.4. The van der Waals surface area contributed by atoms with Crippen LogP contribution < -0.4 is 10.6 Å². The molecule has 7 heteroatoms. The lowest BCUT2D eigenvalue weighted by atomic mass is 9.74. The Hall–Kier alpha value is -2.54. The molecule has 2 aromatic carbocycles. The van der Waals surface area contributed by atoms with Gasteiger partial charge < -0.3 is 15.4 Å². The summed E-state index contributed by atoms with van der Waals surface area (Å²) < 4.78 is 43.8. The van der Waals surface area contributed by atoms with Gasteiger partial charge in [0.2, 0.25) is 0 Å². The maximum absolute atomic E-state index is 12.8. The highest BCUT2D eigenvalue weighted by Crippen LogP contribution is 2.34. The molecule has 1 heterocycles. The van der Waals surface area contributed by atoms with Gasteiger partial charge in [0.15, 0.2) is 0 Å². The molecular formula is C21H23F3N2O2. The minimum absolute atomic E-state index is 0.0250. The topological polar surface area (TPSA) is 50.4 Å². The summed E-state index contributed by atoms with van der Waals surface area (Å²) in [7, 11) is 0. The van der Waals surface area contributed by atoms with E-state index in [0.717, 1.165) is 30.5 Å². The van der Waals surface area contributed by atoms with Crippen molar-refractivity contribution in [2.24, 2.45) is 0 Å². The molecule has 1 aliphatic rings. The van der Waals surface area contributed by atoms with Gasteiger partial charge in [-0.1, -0.05) is 42.5 Å². The van der Waals surface area contributed by atoms with Crippen LogP contribution in [0.25, 0.3) is 0 Å². The Labute approximate surface area is 162 Å². The molecular weight excluding hydrogens is 369 g/mol. The summed E-state index contributed by atoms with van der Waals surface area (Å²) in [4.78, 5) is 12.2. The van der Waals surface area contributed by atoms with Gasteiger partial charge in [-0.2, -0.15) is 13.2 Å². The van der Waals surface area contributed by atoms with Crippen molar-refractivity contribution in [2.75, 3.05) is 19.8 Å². The van der Waals surface area contributed by atoms with Gasteiger partial charge >= 0.3 is 12.2 Å². The van der Waals surface area contributed by atoms with Gasteiger partial charge in [-0.15, -0.1) is 0 Å². The number of hydrogen-bond donors (Lipinski definition) is 2. The fraction of sp³-hybridized carbons (Fsp3) is 0.381. The molecule has 1 saturated heterocycles. The summed E-state index contributed by atoms with van der Waals surface area (Å²) >= 11 is 0. The van der Waals surface area contributed by atoms with E-state index in [-0.39, 0.29) is 12.0 Å². The molecule has 0 unspecified atom stereocenters. The van der Waals surface area contributed by atoms with E-state index in [1.54, 1.807) is 6.07 Å². The predicted molar refractivity (Wildman–Crippen MR) is 99.9 cm³/mol. The van der Waals surface area contributed by atoms with Crippen molar-refractivity contribution in [3.8, 4) is 0 Å². The van der Waals surface area contributed by atoms with Crippen LogP contribution in [0.5, 0.6) is 0 Å². The Morgan fingerprint density at radius 2 is 1.71 bits per heavy atom. The first kappa shape index (κ1) is 20.2. The zero-order valence-electron chi connectivity index (χ0n) is 15.4. The molecule has 28 heavy (non-hydrogen) atoms. The standard InChI is InChI=1S/C21H23F3N2O2/c22-21(23,24)18-8-4-5-16(13-18)14-25-19(27)26-15-20(9-11-28-12-10-20)17-6-2-1-3-7-17/h1-8,13H,9-12,14-15H2,(H2,25,26,27). The van der Waals surface area contributed by atoms with Crippen molar-refractivity contribution in [1.29, 1.82) is 0 Å². The number of amides is 2. The van der Waals surface area contributed by atoms with Gasteiger partial charge in [0, 0.05) is 31.7 Å². The van der Waals surface area contributed by atoms with Crippen LogP contribution in [-0.4, -0.2) is 25.8 Å². The van der Waals surface area contributed by atoms with E-state index >= 15 is 0 Å². The molecule has 0 bridgehead atoms. The lowest BCUT2D eigenvalue weighted by Gasteiger charge is -2.38. The minimum atomic E-state index is -4.40. The number of ether oxygens (including phenoxy) is 1. The number of nitrogens with one attached hydrogen (secondary N) is 2. The van der Waals surface area contributed by atoms with E-state index in [1.165, 1.54) is 6.07 Å². The van der Waals surface area contributed by atoms with Crippen LogP contribution in [0.2, 0.25) is 0 Å². The van der Waals surface area contributed by atoms with E-state index < -0.39 is 17.8 Å². The maximum atomic E-state index is 12.8. The van der Waals surface area contributed by atoms with Gasteiger partial charge in [0.1, 0.15) is 0 Å². The molecule has 1 fully saturated rings. The summed E-state index contributed by atoms with van der Waals surface area (Å²) in [6.07, 6.45) is -2.81. The molecule has 0 saturated carbocycles. The number of rotatable bonds is 5. The maximum Gasteiger partial charge on any atom is 0.416 e. The van der Waals surface area contributed by atoms with Crippen LogP contribution in [0.1, 0.15) is 29.5 Å². The smallest absolute Gasteiger partial charge is 0.381 e. The van der Waals surface area contributed by atoms with E-state index in [4.69, 9.17) is 4.74 Å². The summed E-state index contributed by atoms with van der Waals surface area (Å²) in [6.45, 7) is 1.72. The van der Waals surface area contributed by atoms with E-state index in [9.17, 15) is 18.0 Å². The van der Waals surface area contributed by atoms with Crippen LogP contribution in [0.4, 0.5) is 18.0 Å². The Bertz CT molecular complexity index is 788. The molecule has 0 aliphatic carbocycles. The third-order valence-electron chi connectivity index (χ3n) is 5.13. The van der Waals surface area contributed by atoms with Crippen LogP contribution in [0.3, 0.4) is 0 Å².